The van der Waals surface area contributed by atoms with Crippen molar-refractivity contribution in [1.82, 2.24) is 0 Å². The van der Waals surface area contributed by atoms with E-state index in [-0.39, 0.29) is 6.10 Å². The molecule has 23 heavy (non-hydrogen) atoms. The van der Waals surface area contributed by atoms with Crippen LogP contribution in [0.25, 0.3) is 0 Å². The molecule has 2 N–H and O–H groups in total. The molecule has 0 saturated heterocycles. The molecule has 0 aromatic carbocycles. The smallest absolute Gasteiger partial charge is 0.404 e. The molecule has 1 amide bonds. The van der Waals surface area contributed by atoms with Gasteiger partial charge in [0, 0.05) is 0 Å². The summed E-state index contributed by atoms with van der Waals surface area (Å²) in [6.45, 7) is 4.19. The highest BCUT2D eigenvalue weighted by molar-refractivity contribution is 5.64. The third-order valence-corrected chi connectivity index (χ3v) is 4.53. The summed E-state index contributed by atoms with van der Waals surface area (Å²) in [4.78, 5) is 10.6. The monoisotopic (exact) mass is 327 g/mol. The molecule has 0 aliphatic carbocycles. The van der Waals surface area contributed by atoms with Gasteiger partial charge in [0.2, 0.25) is 0 Å². The van der Waals surface area contributed by atoms with Crippen molar-refractivity contribution in [2.75, 3.05) is 0 Å². The highest BCUT2D eigenvalue weighted by Gasteiger charge is 2.04. The van der Waals surface area contributed by atoms with Crippen molar-refractivity contribution in [1.29, 1.82) is 0 Å². The summed E-state index contributed by atoms with van der Waals surface area (Å²) in [7, 11) is 0. The van der Waals surface area contributed by atoms with Gasteiger partial charge in [0.05, 0.1) is 0 Å². The van der Waals surface area contributed by atoms with E-state index in [0.717, 1.165) is 12.8 Å². The summed E-state index contributed by atoms with van der Waals surface area (Å²) in [6.07, 6.45) is 20.8. The Hall–Kier alpha value is -0.730. The van der Waals surface area contributed by atoms with Crippen molar-refractivity contribution in [2.45, 2.75) is 123 Å². The molecule has 0 spiro atoms. The molecule has 0 aromatic heterocycles. The van der Waals surface area contributed by atoms with Gasteiger partial charge < -0.3 is 10.5 Å². The van der Waals surface area contributed by atoms with E-state index >= 15 is 0 Å². The van der Waals surface area contributed by atoms with Crippen LogP contribution in [-0.2, 0) is 4.74 Å². The van der Waals surface area contributed by atoms with Crippen LogP contribution >= 0.6 is 0 Å². The number of hydrogen-bond donors (Lipinski definition) is 1. The molecule has 138 valence electrons. The van der Waals surface area contributed by atoms with E-state index in [1.54, 1.807) is 0 Å². The van der Waals surface area contributed by atoms with Gasteiger partial charge in [-0.15, -0.1) is 0 Å². The Bertz CT molecular complexity index is 256. The largest absolute Gasteiger partial charge is 0.447 e. The fourth-order valence-electron chi connectivity index (χ4n) is 3.06. The molecule has 0 saturated carbocycles. The van der Waals surface area contributed by atoms with E-state index in [2.05, 4.69) is 6.92 Å². The average Bonchev–Trinajstić information content (AvgIpc) is 2.50. The zero-order valence-corrected chi connectivity index (χ0v) is 15.8. The molecule has 3 nitrogen and oxygen atoms in total. The Morgan fingerprint density at radius 3 is 1.43 bits per heavy atom. The third-order valence-electron chi connectivity index (χ3n) is 4.53. The SMILES string of the molecule is CCCCCCCCCCCCCCCCCC(C)OC(N)=O. The minimum atomic E-state index is -0.654. The number of primary amides is 1. The van der Waals surface area contributed by atoms with Gasteiger partial charge >= 0.3 is 6.09 Å². The van der Waals surface area contributed by atoms with Crippen LogP contribution in [0.2, 0.25) is 0 Å². The van der Waals surface area contributed by atoms with Gasteiger partial charge in [-0.25, -0.2) is 4.79 Å². The molecular weight excluding hydrogens is 286 g/mol. The summed E-state index contributed by atoms with van der Waals surface area (Å²) in [5.74, 6) is 0. The van der Waals surface area contributed by atoms with Crippen LogP contribution < -0.4 is 5.73 Å². The molecule has 0 aliphatic heterocycles. The lowest BCUT2D eigenvalue weighted by Crippen LogP contribution is -2.20. The minimum Gasteiger partial charge on any atom is -0.447 e. The van der Waals surface area contributed by atoms with Crippen LogP contribution in [0.4, 0.5) is 4.79 Å². The predicted octanol–water partition coefficient (Wildman–Crippen LogP) is 6.73. The molecule has 1 unspecified atom stereocenters. The number of carbonyl (C=O) groups is 1. The second-order valence-electron chi connectivity index (χ2n) is 6.99. The summed E-state index contributed by atoms with van der Waals surface area (Å²) in [5.41, 5.74) is 4.99. The Morgan fingerprint density at radius 2 is 1.09 bits per heavy atom. The molecule has 0 heterocycles. The summed E-state index contributed by atoms with van der Waals surface area (Å²) < 4.78 is 4.91. The van der Waals surface area contributed by atoms with Crippen molar-refractivity contribution in [3.05, 3.63) is 0 Å². The second kappa shape index (κ2) is 17.6. The Balaban J connectivity index is 3.06. The summed E-state index contributed by atoms with van der Waals surface area (Å²) in [5, 5.41) is 0. The zero-order valence-electron chi connectivity index (χ0n) is 15.8. The van der Waals surface area contributed by atoms with Gasteiger partial charge in [0.1, 0.15) is 6.10 Å². The Kier molecular flexibility index (Phi) is 17.1. The first-order valence-electron chi connectivity index (χ1n) is 10.1. The van der Waals surface area contributed by atoms with Crippen molar-refractivity contribution < 1.29 is 9.53 Å². The maximum Gasteiger partial charge on any atom is 0.404 e. The van der Waals surface area contributed by atoms with E-state index in [0.29, 0.717) is 0 Å². The number of ether oxygens (including phenoxy) is 1. The molecule has 0 aromatic rings. The van der Waals surface area contributed by atoms with Gasteiger partial charge in [-0.1, -0.05) is 96.8 Å². The lowest BCUT2D eigenvalue weighted by molar-refractivity contribution is 0.110. The highest BCUT2D eigenvalue weighted by atomic mass is 16.6. The molecule has 3 heteroatoms. The molecule has 0 aliphatic rings. The van der Waals surface area contributed by atoms with E-state index in [1.165, 1.54) is 89.9 Å². The molecule has 0 bridgehead atoms. The molecule has 0 fully saturated rings. The fourth-order valence-corrected chi connectivity index (χ4v) is 3.06. The number of nitrogens with two attached hydrogens (primary N) is 1. The summed E-state index contributed by atoms with van der Waals surface area (Å²) >= 11 is 0. The van der Waals surface area contributed by atoms with Crippen LogP contribution in [-0.4, -0.2) is 12.2 Å². The van der Waals surface area contributed by atoms with Gasteiger partial charge in [-0.3, -0.25) is 0 Å². The first kappa shape index (κ1) is 22.3. The van der Waals surface area contributed by atoms with E-state index < -0.39 is 6.09 Å². The van der Waals surface area contributed by atoms with Crippen LogP contribution in [0.5, 0.6) is 0 Å². The van der Waals surface area contributed by atoms with E-state index in [9.17, 15) is 4.79 Å². The second-order valence-corrected chi connectivity index (χ2v) is 6.99. The van der Waals surface area contributed by atoms with Crippen LogP contribution in [0.15, 0.2) is 0 Å². The number of rotatable bonds is 17. The third kappa shape index (κ3) is 19.2. The number of unbranched alkanes of at least 4 members (excludes halogenated alkanes) is 14. The lowest BCUT2D eigenvalue weighted by atomic mass is 10.0. The lowest BCUT2D eigenvalue weighted by Gasteiger charge is -2.10. The highest BCUT2D eigenvalue weighted by Crippen LogP contribution is 2.14. The minimum absolute atomic E-state index is 0.0329. The normalized spacial score (nSPS) is 12.3. The van der Waals surface area contributed by atoms with Crippen molar-refractivity contribution >= 4 is 6.09 Å². The quantitative estimate of drug-likeness (QED) is 0.301. The first-order chi connectivity index (χ1) is 11.2. The van der Waals surface area contributed by atoms with E-state index in [1.807, 2.05) is 6.92 Å². The maximum absolute atomic E-state index is 10.6. The van der Waals surface area contributed by atoms with Crippen molar-refractivity contribution in [3.8, 4) is 0 Å². The van der Waals surface area contributed by atoms with Crippen LogP contribution in [0.1, 0.15) is 117 Å². The molecule has 1 atom stereocenters. The standard InChI is InChI=1S/C20H41NO2/c1-3-4-5-6-7-8-9-10-11-12-13-14-15-16-17-18-19(2)23-20(21)22/h19H,3-18H2,1-2H3,(H2,21,22). The van der Waals surface area contributed by atoms with Crippen molar-refractivity contribution in [3.63, 3.8) is 0 Å². The zero-order chi connectivity index (χ0) is 17.2. The number of amides is 1. The average molecular weight is 328 g/mol. The van der Waals surface area contributed by atoms with Crippen LogP contribution in [0.3, 0.4) is 0 Å². The summed E-state index contributed by atoms with van der Waals surface area (Å²) in [6, 6.07) is 0. The van der Waals surface area contributed by atoms with E-state index in [4.69, 9.17) is 10.5 Å². The molecule has 0 radical (unpaired) electrons. The maximum atomic E-state index is 10.6. The number of hydrogen-bond acceptors (Lipinski definition) is 2. The topological polar surface area (TPSA) is 52.3 Å². The van der Waals surface area contributed by atoms with Gasteiger partial charge in [-0.2, -0.15) is 0 Å². The first-order valence-corrected chi connectivity index (χ1v) is 10.1. The number of carbonyl (C=O) groups excluding carboxylic acids is 1. The van der Waals surface area contributed by atoms with Crippen LogP contribution in [0, 0.1) is 0 Å². The Morgan fingerprint density at radius 1 is 0.739 bits per heavy atom. The molecular formula is C20H41NO2. The van der Waals surface area contributed by atoms with Crippen molar-refractivity contribution in [2.24, 2.45) is 5.73 Å². The van der Waals surface area contributed by atoms with Gasteiger partial charge in [0.15, 0.2) is 0 Å². The predicted molar refractivity (Wildman–Crippen MR) is 99.7 cm³/mol. The fraction of sp³-hybridized carbons (Fsp3) is 0.950. The van der Waals surface area contributed by atoms with Gasteiger partial charge in [-0.05, 0) is 19.8 Å². The molecule has 0 rings (SSSR count). The Labute approximate surface area is 144 Å². The van der Waals surface area contributed by atoms with Gasteiger partial charge in [0.25, 0.3) is 0 Å².